The van der Waals surface area contributed by atoms with E-state index in [1.54, 1.807) is 6.92 Å². The van der Waals surface area contributed by atoms with Gasteiger partial charge in [0.25, 0.3) is 0 Å². The van der Waals surface area contributed by atoms with Gasteiger partial charge in [-0.15, -0.1) is 0 Å². The van der Waals surface area contributed by atoms with Crippen molar-refractivity contribution in [2.75, 3.05) is 7.11 Å². The molecule has 2 unspecified atom stereocenters. The van der Waals surface area contributed by atoms with Crippen LogP contribution in [0.1, 0.15) is 32.3 Å². The highest BCUT2D eigenvalue weighted by Crippen LogP contribution is 2.12. The fourth-order valence-electron chi connectivity index (χ4n) is 2.13. The Morgan fingerprint density at radius 1 is 1.29 bits per heavy atom. The third-order valence-electron chi connectivity index (χ3n) is 3.41. The molecule has 5 heteroatoms. The smallest absolute Gasteiger partial charge is 0.328 e. The molecule has 116 valence electrons. The molecule has 0 fully saturated rings. The molecule has 1 amide bonds. The zero-order valence-electron chi connectivity index (χ0n) is 12.9. The van der Waals surface area contributed by atoms with E-state index in [1.807, 2.05) is 37.3 Å². The number of methoxy groups -OCH3 is 1. The number of hydrogen-bond acceptors (Lipinski definition) is 4. The first-order valence-corrected chi connectivity index (χ1v) is 7.19. The molecule has 0 saturated heterocycles. The Morgan fingerprint density at radius 2 is 1.90 bits per heavy atom. The average Bonchev–Trinajstić information content (AvgIpc) is 2.51. The van der Waals surface area contributed by atoms with E-state index >= 15 is 0 Å². The summed E-state index contributed by atoms with van der Waals surface area (Å²) < 4.78 is 4.75. The van der Waals surface area contributed by atoms with Crippen molar-refractivity contribution >= 4 is 11.9 Å². The Labute approximate surface area is 126 Å². The summed E-state index contributed by atoms with van der Waals surface area (Å²) in [6, 6.07) is 8.27. The average molecular weight is 292 g/mol. The number of rotatable bonds is 7. The van der Waals surface area contributed by atoms with E-state index in [0.717, 1.165) is 12.0 Å². The Balaban J connectivity index is 2.94. The zero-order chi connectivity index (χ0) is 15.8. The number of nitrogens with two attached hydrogens (primary N) is 1. The van der Waals surface area contributed by atoms with E-state index < -0.39 is 18.1 Å². The van der Waals surface area contributed by atoms with Crippen molar-refractivity contribution in [3.05, 3.63) is 35.9 Å². The maximum atomic E-state index is 12.5. The summed E-state index contributed by atoms with van der Waals surface area (Å²) in [5, 5.41) is 0. The van der Waals surface area contributed by atoms with E-state index in [1.165, 1.54) is 12.0 Å². The van der Waals surface area contributed by atoms with E-state index in [4.69, 9.17) is 10.5 Å². The predicted molar refractivity (Wildman–Crippen MR) is 81.4 cm³/mol. The molecule has 1 aromatic rings. The van der Waals surface area contributed by atoms with Crippen LogP contribution in [-0.2, 0) is 20.9 Å². The third kappa shape index (κ3) is 4.86. The van der Waals surface area contributed by atoms with Crippen molar-refractivity contribution < 1.29 is 14.3 Å². The fraction of sp³-hybridized carbons (Fsp3) is 0.500. The fourth-order valence-corrected chi connectivity index (χ4v) is 2.13. The Hall–Kier alpha value is -1.88. The summed E-state index contributed by atoms with van der Waals surface area (Å²) in [6.07, 6.45) is 1.41. The van der Waals surface area contributed by atoms with Crippen LogP contribution in [0.4, 0.5) is 0 Å². The van der Waals surface area contributed by atoms with Crippen LogP contribution in [0.25, 0.3) is 0 Å². The van der Waals surface area contributed by atoms with Gasteiger partial charge in [-0.2, -0.15) is 0 Å². The number of amides is 1. The molecule has 2 atom stereocenters. The number of benzene rings is 1. The molecule has 0 saturated carbocycles. The van der Waals surface area contributed by atoms with Crippen molar-refractivity contribution in [1.29, 1.82) is 0 Å². The zero-order valence-corrected chi connectivity index (χ0v) is 12.9. The van der Waals surface area contributed by atoms with Crippen molar-refractivity contribution in [2.24, 2.45) is 5.73 Å². The number of ether oxygens (including phenoxy) is 1. The highest BCUT2D eigenvalue weighted by molar-refractivity contribution is 5.87. The third-order valence-corrected chi connectivity index (χ3v) is 3.41. The molecule has 0 aromatic heterocycles. The molecule has 0 bridgehead atoms. The van der Waals surface area contributed by atoms with Gasteiger partial charge in [-0.3, -0.25) is 4.79 Å². The van der Waals surface area contributed by atoms with Crippen LogP contribution in [0.2, 0.25) is 0 Å². The number of carbonyl (C=O) groups excluding carboxylic acids is 2. The van der Waals surface area contributed by atoms with Crippen molar-refractivity contribution in [3.8, 4) is 0 Å². The largest absolute Gasteiger partial charge is 0.467 e. The molecule has 5 nitrogen and oxygen atoms in total. The molecule has 0 spiro atoms. The van der Waals surface area contributed by atoms with Crippen molar-refractivity contribution in [2.45, 2.75) is 45.3 Å². The van der Waals surface area contributed by atoms with Crippen LogP contribution in [0.3, 0.4) is 0 Å². The molecule has 0 radical (unpaired) electrons. The van der Waals surface area contributed by atoms with Gasteiger partial charge in [0.2, 0.25) is 5.91 Å². The van der Waals surface area contributed by atoms with Gasteiger partial charge in [-0.05, 0) is 18.9 Å². The normalized spacial score (nSPS) is 13.3. The molecule has 0 aliphatic heterocycles. The quantitative estimate of drug-likeness (QED) is 0.776. The van der Waals surface area contributed by atoms with Gasteiger partial charge in [0.1, 0.15) is 6.04 Å². The van der Waals surface area contributed by atoms with Gasteiger partial charge in [0, 0.05) is 6.54 Å². The molecular weight excluding hydrogens is 268 g/mol. The molecule has 1 rings (SSSR count). The maximum Gasteiger partial charge on any atom is 0.328 e. The summed E-state index contributed by atoms with van der Waals surface area (Å²) in [5.74, 6) is -0.665. The van der Waals surface area contributed by atoms with Crippen LogP contribution in [-0.4, -0.2) is 36.0 Å². The van der Waals surface area contributed by atoms with E-state index in [-0.39, 0.29) is 5.91 Å². The second-order valence-electron chi connectivity index (χ2n) is 5.05. The lowest BCUT2D eigenvalue weighted by Gasteiger charge is -2.30. The summed E-state index contributed by atoms with van der Waals surface area (Å²) in [6.45, 7) is 3.97. The van der Waals surface area contributed by atoms with E-state index in [0.29, 0.717) is 13.0 Å². The summed E-state index contributed by atoms with van der Waals surface area (Å²) >= 11 is 0. The number of esters is 1. The minimum Gasteiger partial charge on any atom is -0.467 e. The van der Waals surface area contributed by atoms with Gasteiger partial charge in [0.15, 0.2) is 0 Å². The molecule has 0 heterocycles. The number of hydrogen-bond donors (Lipinski definition) is 1. The minimum absolute atomic E-state index is 0.224. The first-order valence-electron chi connectivity index (χ1n) is 7.19. The molecule has 21 heavy (non-hydrogen) atoms. The number of nitrogens with zero attached hydrogens (tertiary/aromatic N) is 1. The van der Waals surface area contributed by atoms with Gasteiger partial charge in [-0.25, -0.2) is 4.79 Å². The Bertz CT molecular complexity index is 462. The van der Waals surface area contributed by atoms with Gasteiger partial charge >= 0.3 is 5.97 Å². The SMILES string of the molecule is CCCC(N)C(=O)N(Cc1ccccc1)C(C)C(=O)OC. The van der Waals surface area contributed by atoms with Crippen molar-refractivity contribution in [3.63, 3.8) is 0 Å². The van der Waals surface area contributed by atoms with Crippen LogP contribution < -0.4 is 5.73 Å². The summed E-state index contributed by atoms with van der Waals surface area (Å²) in [4.78, 5) is 25.8. The second kappa shape index (κ2) is 8.42. The molecule has 2 N–H and O–H groups in total. The Kier molecular flexibility index (Phi) is 6.88. The molecular formula is C16H24N2O3. The first-order chi connectivity index (χ1) is 10.0. The standard InChI is InChI=1S/C16H24N2O3/c1-4-8-14(17)15(19)18(12(2)16(20)21-3)11-13-9-6-5-7-10-13/h5-7,9-10,12,14H,4,8,11,17H2,1-3H3. The topological polar surface area (TPSA) is 72.6 Å². The second-order valence-corrected chi connectivity index (χ2v) is 5.05. The highest BCUT2D eigenvalue weighted by atomic mass is 16.5. The lowest BCUT2D eigenvalue weighted by molar-refractivity contribution is -0.153. The predicted octanol–water partition coefficient (Wildman–Crippen LogP) is 1.70. The monoisotopic (exact) mass is 292 g/mol. The van der Waals surface area contributed by atoms with Crippen LogP contribution in [0.5, 0.6) is 0 Å². The Morgan fingerprint density at radius 3 is 2.43 bits per heavy atom. The number of carbonyl (C=O) groups is 2. The van der Waals surface area contributed by atoms with Crippen LogP contribution in [0.15, 0.2) is 30.3 Å². The van der Waals surface area contributed by atoms with Crippen LogP contribution in [0, 0.1) is 0 Å². The van der Waals surface area contributed by atoms with Crippen molar-refractivity contribution in [1.82, 2.24) is 4.90 Å². The summed E-state index contributed by atoms with van der Waals surface area (Å²) in [7, 11) is 1.32. The summed E-state index contributed by atoms with van der Waals surface area (Å²) in [5.41, 5.74) is 6.87. The van der Waals surface area contributed by atoms with E-state index in [9.17, 15) is 9.59 Å². The van der Waals surface area contributed by atoms with Gasteiger partial charge in [0.05, 0.1) is 13.2 Å². The molecule has 1 aromatic carbocycles. The lowest BCUT2D eigenvalue weighted by Crippen LogP contribution is -2.50. The lowest BCUT2D eigenvalue weighted by atomic mass is 10.1. The van der Waals surface area contributed by atoms with Gasteiger partial charge in [-0.1, -0.05) is 43.7 Å². The van der Waals surface area contributed by atoms with Crippen LogP contribution >= 0.6 is 0 Å². The van der Waals surface area contributed by atoms with E-state index in [2.05, 4.69) is 0 Å². The maximum absolute atomic E-state index is 12.5. The minimum atomic E-state index is -0.661. The first kappa shape index (κ1) is 17.2. The molecule has 0 aliphatic carbocycles. The highest BCUT2D eigenvalue weighted by Gasteiger charge is 2.29. The molecule has 0 aliphatic rings. The van der Waals surface area contributed by atoms with Gasteiger partial charge < -0.3 is 15.4 Å².